The van der Waals surface area contributed by atoms with Crippen molar-refractivity contribution in [3.63, 3.8) is 0 Å². The van der Waals surface area contributed by atoms with E-state index >= 15 is 0 Å². The van der Waals surface area contributed by atoms with Crippen molar-refractivity contribution in [1.29, 1.82) is 0 Å². The van der Waals surface area contributed by atoms with Crippen LogP contribution < -0.4 is 0 Å². The van der Waals surface area contributed by atoms with E-state index in [-0.39, 0.29) is 4.75 Å². The lowest BCUT2D eigenvalue weighted by atomic mass is 10.1. The third-order valence-electron chi connectivity index (χ3n) is 3.83. The van der Waals surface area contributed by atoms with E-state index in [1.54, 1.807) is 6.21 Å². The summed E-state index contributed by atoms with van der Waals surface area (Å²) in [6, 6.07) is 19.4. The van der Waals surface area contributed by atoms with Crippen molar-refractivity contribution in [2.24, 2.45) is 4.99 Å². The van der Waals surface area contributed by atoms with Gasteiger partial charge >= 0.3 is 0 Å². The number of hydrogen-bond donors (Lipinski definition) is 0. The summed E-state index contributed by atoms with van der Waals surface area (Å²) >= 11 is 5.92. The molecule has 0 bridgehead atoms. The zero-order valence-electron chi connectivity index (χ0n) is 14.5. The number of hydrogen-bond acceptors (Lipinski definition) is 2. The Labute approximate surface area is 156 Å². The maximum Gasteiger partial charge on any atom is 0.0630 e. The molecule has 0 fully saturated rings. The Bertz CT molecular complexity index is 956. The molecular formula is C21H20ClNOS. The number of aliphatic imine (C=N–C) groups is 1. The quantitative estimate of drug-likeness (QED) is 0.509. The zero-order valence-corrected chi connectivity index (χ0v) is 16.1. The minimum Gasteiger partial charge on any atom is -0.256 e. The maximum atomic E-state index is 13.2. The van der Waals surface area contributed by atoms with Crippen molar-refractivity contribution < 1.29 is 4.21 Å². The predicted molar refractivity (Wildman–Crippen MR) is 109 cm³/mol. The molecule has 1 unspecified atom stereocenters. The van der Waals surface area contributed by atoms with Crippen LogP contribution in [0.3, 0.4) is 0 Å². The van der Waals surface area contributed by atoms with Crippen molar-refractivity contribution in [3.05, 3.63) is 71.2 Å². The molecule has 1 atom stereocenters. The molecule has 0 spiro atoms. The van der Waals surface area contributed by atoms with E-state index in [9.17, 15) is 4.21 Å². The van der Waals surface area contributed by atoms with Crippen LogP contribution in [0.25, 0.3) is 10.8 Å². The minimum absolute atomic E-state index is 0.354. The van der Waals surface area contributed by atoms with Gasteiger partial charge in [0.2, 0.25) is 0 Å². The lowest BCUT2D eigenvalue weighted by Gasteiger charge is -2.20. The van der Waals surface area contributed by atoms with Crippen LogP contribution in [-0.2, 0) is 10.8 Å². The Balaban J connectivity index is 2.14. The monoisotopic (exact) mass is 369 g/mol. The van der Waals surface area contributed by atoms with Gasteiger partial charge in [0.25, 0.3) is 0 Å². The van der Waals surface area contributed by atoms with Gasteiger partial charge in [0.15, 0.2) is 0 Å². The van der Waals surface area contributed by atoms with E-state index < -0.39 is 10.8 Å². The van der Waals surface area contributed by atoms with E-state index in [1.165, 1.54) is 0 Å². The van der Waals surface area contributed by atoms with Crippen LogP contribution in [-0.4, -0.2) is 15.2 Å². The molecule has 0 saturated heterocycles. The first-order valence-electron chi connectivity index (χ1n) is 8.09. The minimum atomic E-state index is -1.16. The fraction of sp³-hybridized carbons (Fsp3) is 0.190. The smallest absolute Gasteiger partial charge is 0.0630 e. The molecule has 4 heteroatoms. The van der Waals surface area contributed by atoms with E-state index in [1.807, 2.05) is 81.4 Å². The summed E-state index contributed by atoms with van der Waals surface area (Å²) in [5, 5.41) is 2.77. The fourth-order valence-electron chi connectivity index (χ4n) is 2.55. The predicted octanol–water partition coefficient (Wildman–Crippen LogP) is 6.15. The summed E-state index contributed by atoms with van der Waals surface area (Å²) in [5.41, 5.74) is 1.69. The molecule has 0 aliphatic rings. The largest absolute Gasteiger partial charge is 0.256 e. The summed E-state index contributed by atoms with van der Waals surface area (Å²) < 4.78 is 12.8. The molecular weight excluding hydrogens is 350 g/mol. The Morgan fingerprint density at radius 2 is 1.64 bits per heavy atom. The second-order valence-electron chi connectivity index (χ2n) is 6.82. The SMILES string of the molecule is CC(C)(C)S(=O)c1c(C=Nc2ccc(Cl)cc2)ccc2ccccc12. The van der Waals surface area contributed by atoms with Gasteiger partial charge in [-0.05, 0) is 55.8 Å². The number of fused-ring (bicyclic) bond motifs is 1. The molecule has 0 radical (unpaired) electrons. The average Bonchev–Trinajstić information content (AvgIpc) is 2.59. The van der Waals surface area contributed by atoms with Crippen LogP contribution in [0.15, 0.2) is 70.6 Å². The first-order valence-corrected chi connectivity index (χ1v) is 9.62. The second kappa shape index (κ2) is 7.11. The molecule has 3 aromatic rings. The summed E-state index contributed by atoms with van der Waals surface area (Å²) in [7, 11) is -1.16. The molecule has 3 aromatic carbocycles. The van der Waals surface area contributed by atoms with E-state index in [0.717, 1.165) is 26.9 Å². The van der Waals surface area contributed by atoms with Crippen molar-refractivity contribution in [2.75, 3.05) is 0 Å². The highest BCUT2D eigenvalue weighted by atomic mass is 35.5. The summed E-state index contributed by atoms with van der Waals surface area (Å²) in [4.78, 5) is 5.37. The van der Waals surface area contributed by atoms with Crippen molar-refractivity contribution in [1.82, 2.24) is 0 Å². The lowest BCUT2D eigenvalue weighted by Crippen LogP contribution is -2.23. The van der Waals surface area contributed by atoms with E-state index in [0.29, 0.717) is 5.02 Å². The lowest BCUT2D eigenvalue weighted by molar-refractivity contribution is 0.649. The van der Waals surface area contributed by atoms with Crippen LogP contribution in [0.5, 0.6) is 0 Å². The third-order valence-corrected chi connectivity index (χ3v) is 6.02. The molecule has 2 nitrogen and oxygen atoms in total. The van der Waals surface area contributed by atoms with Gasteiger partial charge in [-0.2, -0.15) is 0 Å². The van der Waals surface area contributed by atoms with Crippen LogP contribution in [0.1, 0.15) is 26.3 Å². The number of halogens is 1. The third kappa shape index (κ3) is 4.00. The van der Waals surface area contributed by atoms with Gasteiger partial charge in [0, 0.05) is 21.5 Å². The van der Waals surface area contributed by atoms with Gasteiger partial charge in [-0.1, -0.05) is 48.0 Å². The summed E-state index contributed by atoms with van der Waals surface area (Å²) in [5.74, 6) is 0. The van der Waals surface area contributed by atoms with Crippen molar-refractivity contribution in [3.8, 4) is 0 Å². The molecule has 128 valence electrons. The topological polar surface area (TPSA) is 29.4 Å². The van der Waals surface area contributed by atoms with Gasteiger partial charge in [0.1, 0.15) is 0 Å². The highest BCUT2D eigenvalue weighted by Gasteiger charge is 2.25. The van der Waals surface area contributed by atoms with Crippen LogP contribution in [0.4, 0.5) is 5.69 Å². The van der Waals surface area contributed by atoms with Gasteiger partial charge in [-0.3, -0.25) is 9.20 Å². The van der Waals surface area contributed by atoms with Crippen molar-refractivity contribution >= 4 is 45.1 Å². The first-order chi connectivity index (χ1) is 11.9. The van der Waals surface area contributed by atoms with E-state index in [2.05, 4.69) is 4.99 Å². The Morgan fingerprint density at radius 1 is 0.960 bits per heavy atom. The standard InChI is InChI=1S/C21H20ClNOS/c1-21(2,3)25(24)20-16(9-8-15-6-4-5-7-19(15)20)14-23-18-12-10-17(22)11-13-18/h4-14H,1-3H3. The molecule has 0 heterocycles. The van der Waals surface area contributed by atoms with Gasteiger partial charge in [0.05, 0.1) is 21.4 Å². The summed E-state index contributed by atoms with van der Waals surface area (Å²) in [6.07, 6.45) is 1.79. The second-order valence-corrected chi connectivity index (χ2v) is 9.43. The number of benzene rings is 3. The first kappa shape index (κ1) is 17.8. The van der Waals surface area contributed by atoms with Crippen LogP contribution in [0.2, 0.25) is 5.02 Å². The highest BCUT2D eigenvalue weighted by molar-refractivity contribution is 7.86. The maximum absolute atomic E-state index is 13.2. The van der Waals surface area contributed by atoms with Gasteiger partial charge < -0.3 is 0 Å². The number of rotatable bonds is 3. The molecule has 0 aliphatic carbocycles. The highest BCUT2D eigenvalue weighted by Crippen LogP contribution is 2.30. The zero-order chi connectivity index (χ0) is 18.0. The molecule has 0 amide bonds. The molecule has 0 N–H and O–H groups in total. The normalized spacial score (nSPS) is 13.4. The number of nitrogens with zero attached hydrogens (tertiary/aromatic N) is 1. The Hall–Kier alpha value is -1.97. The molecule has 0 aliphatic heterocycles. The molecule has 0 aromatic heterocycles. The Kier molecular flexibility index (Phi) is 5.07. The molecule has 3 rings (SSSR count). The fourth-order valence-corrected chi connectivity index (χ4v) is 4.00. The molecule has 25 heavy (non-hydrogen) atoms. The van der Waals surface area contributed by atoms with Gasteiger partial charge in [-0.25, -0.2) is 0 Å². The van der Waals surface area contributed by atoms with Crippen LogP contribution >= 0.6 is 11.6 Å². The Morgan fingerprint density at radius 3 is 2.32 bits per heavy atom. The molecule has 0 saturated carbocycles. The summed E-state index contributed by atoms with van der Waals surface area (Å²) in [6.45, 7) is 5.97. The van der Waals surface area contributed by atoms with Crippen LogP contribution in [0, 0.1) is 0 Å². The van der Waals surface area contributed by atoms with Crippen molar-refractivity contribution in [2.45, 2.75) is 30.4 Å². The van der Waals surface area contributed by atoms with E-state index in [4.69, 9.17) is 11.6 Å². The average molecular weight is 370 g/mol. The van der Waals surface area contributed by atoms with Gasteiger partial charge in [-0.15, -0.1) is 0 Å².